The molecule has 0 radical (unpaired) electrons. The predicted octanol–water partition coefficient (Wildman–Crippen LogP) is 2.41. The van der Waals surface area contributed by atoms with Gasteiger partial charge in [0.05, 0.1) is 7.11 Å². The van der Waals surface area contributed by atoms with Gasteiger partial charge in [0.25, 0.3) is 0 Å². The molecule has 0 aliphatic carbocycles. The maximum Gasteiger partial charge on any atom is 0.118 e. The second-order valence-electron chi connectivity index (χ2n) is 6.08. The topological polar surface area (TPSA) is 15.7 Å². The summed E-state index contributed by atoms with van der Waals surface area (Å²) < 4.78 is 5.21. The molecule has 20 heavy (non-hydrogen) atoms. The largest absolute Gasteiger partial charge is 0.497 e. The van der Waals surface area contributed by atoms with E-state index in [4.69, 9.17) is 4.74 Å². The molecule has 0 N–H and O–H groups in total. The standard InChI is InChI=1S/C17H26N2O/c1-20-17-7-5-15(6-8-17)9-11-18-12-13-19-10-3-2-4-16(19)14-18/h5-8,16H,2-4,9-14H2,1H3. The van der Waals surface area contributed by atoms with Gasteiger partial charge in [-0.15, -0.1) is 0 Å². The highest BCUT2D eigenvalue weighted by atomic mass is 16.5. The van der Waals surface area contributed by atoms with Crippen LogP contribution in [0, 0.1) is 0 Å². The van der Waals surface area contributed by atoms with Crippen molar-refractivity contribution in [2.45, 2.75) is 31.7 Å². The predicted molar refractivity (Wildman–Crippen MR) is 82.4 cm³/mol. The van der Waals surface area contributed by atoms with Crippen LogP contribution in [0.25, 0.3) is 0 Å². The number of hydrogen-bond donors (Lipinski definition) is 0. The molecule has 0 bridgehead atoms. The fraction of sp³-hybridized carbons (Fsp3) is 0.647. The Morgan fingerprint density at radius 1 is 1.10 bits per heavy atom. The fourth-order valence-electron chi connectivity index (χ4n) is 3.50. The minimum atomic E-state index is 0.827. The SMILES string of the molecule is COc1ccc(CCN2CCN3CCCCC3C2)cc1. The van der Waals surface area contributed by atoms with Crippen LogP contribution in [-0.2, 0) is 6.42 Å². The second-order valence-corrected chi connectivity index (χ2v) is 6.08. The third-order valence-corrected chi connectivity index (χ3v) is 4.80. The molecule has 1 unspecified atom stereocenters. The highest BCUT2D eigenvalue weighted by Gasteiger charge is 2.28. The van der Waals surface area contributed by atoms with Gasteiger partial charge in [0.1, 0.15) is 5.75 Å². The molecule has 1 atom stereocenters. The normalized spacial score (nSPS) is 24.4. The summed E-state index contributed by atoms with van der Waals surface area (Å²) in [5.41, 5.74) is 1.41. The summed E-state index contributed by atoms with van der Waals surface area (Å²) in [6.07, 6.45) is 5.38. The van der Waals surface area contributed by atoms with Crippen LogP contribution in [0.4, 0.5) is 0 Å². The summed E-state index contributed by atoms with van der Waals surface area (Å²) >= 11 is 0. The molecule has 3 rings (SSSR count). The van der Waals surface area contributed by atoms with E-state index in [-0.39, 0.29) is 0 Å². The number of benzene rings is 1. The zero-order chi connectivity index (χ0) is 13.8. The molecule has 1 aromatic carbocycles. The van der Waals surface area contributed by atoms with Crippen LogP contribution in [0.2, 0.25) is 0 Å². The molecule has 2 heterocycles. The van der Waals surface area contributed by atoms with E-state index in [1.165, 1.54) is 57.5 Å². The van der Waals surface area contributed by atoms with Gasteiger partial charge in [-0.1, -0.05) is 18.6 Å². The lowest BCUT2D eigenvalue weighted by Crippen LogP contribution is -2.55. The number of ether oxygens (including phenoxy) is 1. The zero-order valence-electron chi connectivity index (χ0n) is 12.6. The Balaban J connectivity index is 1.48. The fourth-order valence-corrected chi connectivity index (χ4v) is 3.50. The Hall–Kier alpha value is -1.06. The Labute approximate surface area is 122 Å². The number of piperazine rings is 1. The van der Waals surface area contributed by atoms with Gasteiger partial charge in [-0.25, -0.2) is 0 Å². The van der Waals surface area contributed by atoms with Gasteiger partial charge in [-0.2, -0.15) is 0 Å². The van der Waals surface area contributed by atoms with Crippen LogP contribution < -0.4 is 4.74 Å². The zero-order valence-corrected chi connectivity index (χ0v) is 12.6. The quantitative estimate of drug-likeness (QED) is 0.838. The monoisotopic (exact) mass is 274 g/mol. The summed E-state index contributed by atoms with van der Waals surface area (Å²) in [6.45, 7) is 6.31. The minimum absolute atomic E-state index is 0.827. The van der Waals surface area contributed by atoms with Crippen LogP contribution in [0.15, 0.2) is 24.3 Å². The van der Waals surface area contributed by atoms with Crippen molar-refractivity contribution in [3.63, 3.8) is 0 Å². The van der Waals surface area contributed by atoms with Crippen molar-refractivity contribution < 1.29 is 4.74 Å². The van der Waals surface area contributed by atoms with E-state index in [2.05, 4.69) is 34.1 Å². The van der Waals surface area contributed by atoms with E-state index in [1.54, 1.807) is 7.11 Å². The molecule has 0 saturated carbocycles. The number of nitrogens with zero attached hydrogens (tertiary/aromatic N) is 2. The first kappa shape index (κ1) is 13.9. The molecular weight excluding hydrogens is 248 g/mol. The molecule has 2 saturated heterocycles. The summed E-state index contributed by atoms with van der Waals surface area (Å²) in [4.78, 5) is 5.35. The first-order chi connectivity index (χ1) is 9.85. The van der Waals surface area contributed by atoms with E-state index in [0.29, 0.717) is 0 Å². The maximum absolute atomic E-state index is 5.21. The van der Waals surface area contributed by atoms with E-state index >= 15 is 0 Å². The number of piperidine rings is 1. The number of rotatable bonds is 4. The average molecular weight is 274 g/mol. The number of hydrogen-bond acceptors (Lipinski definition) is 3. The molecule has 2 fully saturated rings. The number of fused-ring (bicyclic) bond motifs is 1. The van der Waals surface area contributed by atoms with E-state index in [1.807, 2.05) is 0 Å². The van der Waals surface area contributed by atoms with E-state index < -0.39 is 0 Å². The molecule has 110 valence electrons. The van der Waals surface area contributed by atoms with Crippen molar-refractivity contribution in [1.29, 1.82) is 0 Å². The maximum atomic E-state index is 5.21. The molecule has 0 spiro atoms. The molecular formula is C17H26N2O. The lowest BCUT2D eigenvalue weighted by Gasteiger charge is -2.44. The van der Waals surface area contributed by atoms with Crippen LogP contribution >= 0.6 is 0 Å². The molecule has 0 aromatic heterocycles. The van der Waals surface area contributed by atoms with Crippen molar-refractivity contribution in [3.8, 4) is 5.75 Å². The van der Waals surface area contributed by atoms with Crippen molar-refractivity contribution in [3.05, 3.63) is 29.8 Å². The van der Waals surface area contributed by atoms with Crippen LogP contribution in [0.1, 0.15) is 24.8 Å². The molecule has 2 aliphatic rings. The van der Waals surface area contributed by atoms with Gasteiger partial charge in [0.15, 0.2) is 0 Å². The third-order valence-electron chi connectivity index (χ3n) is 4.80. The highest BCUT2D eigenvalue weighted by Crippen LogP contribution is 2.21. The lowest BCUT2D eigenvalue weighted by molar-refractivity contribution is 0.0500. The molecule has 1 aromatic rings. The third kappa shape index (κ3) is 3.33. The van der Waals surface area contributed by atoms with Gasteiger partial charge in [0.2, 0.25) is 0 Å². The van der Waals surface area contributed by atoms with Crippen molar-refractivity contribution >= 4 is 0 Å². The van der Waals surface area contributed by atoms with Gasteiger partial charge in [-0.3, -0.25) is 4.90 Å². The van der Waals surface area contributed by atoms with Crippen LogP contribution in [0.3, 0.4) is 0 Å². The van der Waals surface area contributed by atoms with Gasteiger partial charge in [-0.05, 0) is 43.5 Å². The Morgan fingerprint density at radius 3 is 2.75 bits per heavy atom. The van der Waals surface area contributed by atoms with Gasteiger partial charge in [0, 0.05) is 32.2 Å². The first-order valence-electron chi connectivity index (χ1n) is 7.94. The minimum Gasteiger partial charge on any atom is -0.497 e. The summed E-state index contributed by atoms with van der Waals surface area (Å²) in [5.74, 6) is 0.949. The lowest BCUT2D eigenvalue weighted by atomic mass is 9.99. The first-order valence-corrected chi connectivity index (χ1v) is 7.94. The Bertz CT molecular complexity index is 418. The molecule has 3 nitrogen and oxygen atoms in total. The summed E-state index contributed by atoms with van der Waals surface area (Å²) in [6, 6.07) is 9.34. The summed E-state index contributed by atoms with van der Waals surface area (Å²) in [5, 5.41) is 0. The Morgan fingerprint density at radius 2 is 1.95 bits per heavy atom. The van der Waals surface area contributed by atoms with Crippen molar-refractivity contribution in [2.24, 2.45) is 0 Å². The molecule has 3 heteroatoms. The van der Waals surface area contributed by atoms with Crippen molar-refractivity contribution in [1.82, 2.24) is 9.80 Å². The molecule has 0 amide bonds. The van der Waals surface area contributed by atoms with Crippen LogP contribution in [0.5, 0.6) is 5.75 Å². The Kier molecular flexibility index (Phi) is 4.58. The number of methoxy groups -OCH3 is 1. The average Bonchev–Trinajstić information content (AvgIpc) is 2.53. The smallest absolute Gasteiger partial charge is 0.118 e. The van der Waals surface area contributed by atoms with Gasteiger partial charge < -0.3 is 9.64 Å². The van der Waals surface area contributed by atoms with E-state index in [0.717, 1.165) is 18.2 Å². The summed E-state index contributed by atoms with van der Waals surface area (Å²) in [7, 11) is 1.72. The molecule has 2 aliphatic heterocycles. The van der Waals surface area contributed by atoms with Crippen molar-refractivity contribution in [2.75, 3.05) is 39.8 Å². The highest BCUT2D eigenvalue weighted by molar-refractivity contribution is 5.27. The van der Waals surface area contributed by atoms with Crippen LogP contribution in [-0.4, -0.2) is 55.7 Å². The van der Waals surface area contributed by atoms with E-state index in [9.17, 15) is 0 Å². The second kappa shape index (κ2) is 6.59. The van der Waals surface area contributed by atoms with Gasteiger partial charge >= 0.3 is 0 Å².